The Kier molecular flexibility index (Phi) is 6.54. The number of ether oxygens (including phenoxy) is 1. The molecule has 1 aliphatic heterocycles. The zero-order valence-corrected chi connectivity index (χ0v) is 16.6. The number of aryl methyl sites for hydroxylation is 1. The fraction of sp³-hybridized carbons (Fsp3) is 0.550. The van der Waals surface area contributed by atoms with Gasteiger partial charge in [0.25, 0.3) is 0 Å². The number of piperidine rings is 1. The number of esters is 1. The van der Waals surface area contributed by atoms with Crippen LogP contribution in [0, 0.1) is 0 Å². The molecule has 0 bridgehead atoms. The summed E-state index contributed by atoms with van der Waals surface area (Å²) in [6.45, 7) is 6.56. The Balaban J connectivity index is 1.75. The number of halogens is 1. The smallest absolute Gasteiger partial charge is 0.305 e. The molecule has 2 aromatic rings. The van der Waals surface area contributed by atoms with Gasteiger partial charge in [-0.25, -0.2) is 0 Å². The van der Waals surface area contributed by atoms with E-state index in [0.717, 1.165) is 24.0 Å². The van der Waals surface area contributed by atoms with Crippen LogP contribution in [0.25, 0.3) is 10.9 Å². The van der Waals surface area contributed by atoms with Crippen molar-refractivity contribution in [2.75, 3.05) is 19.7 Å². The van der Waals surface area contributed by atoms with E-state index in [0.29, 0.717) is 13.0 Å². The Morgan fingerprint density at radius 1 is 1.24 bits per heavy atom. The zero-order chi connectivity index (χ0) is 17.6. The number of carbonyl (C=O) groups is 1. The first kappa shape index (κ1) is 18.5. The minimum atomic E-state index is -0.102. The van der Waals surface area contributed by atoms with Crippen molar-refractivity contribution < 1.29 is 9.53 Å². The Labute approximate surface area is 158 Å². The van der Waals surface area contributed by atoms with Crippen molar-refractivity contribution in [1.82, 2.24) is 9.47 Å². The number of nitrogens with zero attached hydrogens (tertiary/aromatic N) is 2. The fourth-order valence-corrected chi connectivity index (χ4v) is 4.00. The lowest BCUT2D eigenvalue weighted by Gasteiger charge is -2.26. The van der Waals surface area contributed by atoms with Gasteiger partial charge in [-0.1, -0.05) is 22.4 Å². The molecule has 2 heterocycles. The number of rotatable bonds is 7. The highest BCUT2D eigenvalue weighted by Crippen LogP contribution is 2.27. The molecule has 0 spiro atoms. The van der Waals surface area contributed by atoms with Crippen LogP contribution in [0.4, 0.5) is 0 Å². The van der Waals surface area contributed by atoms with Crippen molar-refractivity contribution in [3.8, 4) is 0 Å². The lowest BCUT2D eigenvalue weighted by atomic mass is 10.1. The summed E-state index contributed by atoms with van der Waals surface area (Å²) in [5, 5.41) is 1.32. The Morgan fingerprint density at radius 2 is 2.04 bits per heavy atom. The average molecular weight is 407 g/mol. The Morgan fingerprint density at radius 3 is 2.80 bits per heavy atom. The maximum atomic E-state index is 11.6. The molecule has 1 aromatic carbocycles. The molecule has 0 atom stereocenters. The molecule has 0 radical (unpaired) electrons. The van der Waals surface area contributed by atoms with Gasteiger partial charge in [-0.15, -0.1) is 0 Å². The van der Waals surface area contributed by atoms with E-state index in [2.05, 4.69) is 49.8 Å². The summed E-state index contributed by atoms with van der Waals surface area (Å²) < 4.78 is 8.43. The molecule has 1 fully saturated rings. The van der Waals surface area contributed by atoms with Crippen LogP contribution >= 0.6 is 15.9 Å². The third-order valence-corrected chi connectivity index (χ3v) is 5.35. The lowest BCUT2D eigenvalue weighted by molar-refractivity contribution is -0.143. The SMILES string of the molecule is CCOC(=O)CCCn1cc(CN2CCCCC2)c2cc(Br)ccc21. The maximum absolute atomic E-state index is 11.6. The van der Waals surface area contributed by atoms with Crippen molar-refractivity contribution >= 4 is 32.8 Å². The molecule has 0 aliphatic carbocycles. The first-order chi connectivity index (χ1) is 12.2. The average Bonchev–Trinajstić information content (AvgIpc) is 2.93. The molecule has 0 saturated carbocycles. The number of hydrogen-bond acceptors (Lipinski definition) is 3. The highest BCUT2D eigenvalue weighted by molar-refractivity contribution is 9.10. The van der Waals surface area contributed by atoms with E-state index in [1.165, 1.54) is 48.8 Å². The van der Waals surface area contributed by atoms with Gasteiger partial charge < -0.3 is 9.30 Å². The second-order valence-corrected chi connectivity index (χ2v) is 7.67. The van der Waals surface area contributed by atoms with E-state index >= 15 is 0 Å². The molecule has 0 amide bonds. The second-order valence-electron chi connectivity index (χ2n) is 6.75. The van der Waals surface area contributed by atoms with E-state index in [1.54, 1.807) is 0 Å². The van der Waals surface area contributed by atoms with Crippen molar-refractivity contribution in [3.63, 3.8) is 0 Å². The van der Waals surface area contributed by atoms with Gasteiger partial charge in [0.2, 0.25) is 0 Å². The normalized spacial score (nSPS) is 15.6. The number of likely N-dealkylation sites (tertiary alicyclic amines) is 1. The molecule has 1 saturated heterocycles. The Hall–Kier alpha value is -1.33. The summed E-state index contributed by atoms with van der Waals surface area (Å²) in [7, 11) is 0. The van der Waals surface area contributed by atoms with Crippen molar-refractivity contribution in [1.29, 1.82) is 0 Å². The minimum absolute atomic E-state index is 0.102. The maximum Gasteiger partial charge on any atom is 0.305 e. The van der Waals surface area contributed by atoms with E-state index in [4.69, 9.17) is 4.74 Å². The van der Waals surface area contributed by atoms with Gasteiger partial charge in [-0.3, -0.25) is 9.69 Å². The first-order valence-corrected chi connectivity index (χ1v) is 10.1. The molecule has 1 aromatic heterocycles. The summed E-state index contributed by atoms with van der Waals surface area (Å²) in [6, 6.07) is 6.48. The largest absolute Gasteiger partial charge is 0.466 e. The van der Waals surface area contributed by atoms with Gasteiger partial charge in [0, 0.05) is 41.1 Å². The summed E-state index contributed by atoms with van der Waals surface area (Å²) in [5.41, 5.74) is 2.63. The molecular formula is C20H27BrN2O2. The molecule has 136 valence electrons. The van der Waals surface area contributed by atoms with Crippen LogP contribution in [-0.2, 0) is 22.6 Å². The van der Waals surface area contributed by atoms with Gasteiger partial charge in [-0.05, 0) is 63.0 Å². The van der Waals surface area contributed by atoms with Crippen LogP contribution in [0.2, 0.25) is 0 Å². The monoisotopic (exact) mass is 406 g/mol. The summed E-state index contributed by atoms with van der Waals surface area (Å²) in [6.07, 6.45) is 7.53. The predicted molar refractivity (Wildman–Crippen MR) is 105 cm³/mol. The second kappa shape index (κ2) is 8.86. The number of hydrogen-bond donors (Lipinski definition) is 0. The van der Waals surface area contributed by atoms with Crippen LogP contribution in [0.3, 0.4) is 0 Å². The van der Waals surface area contributed by atoms with Crippen molar-refractivity contribution in [2.45, 2.75) is 52.1 Å². The molecule has 3 rings (SSSR count). The minimum Gasteiger partial charge on any atom is -0.466 e. The quantitative estimate of drug-likeness (QED) is 0.623. The number of benzene rings is 1. The number of carbonyl (C=O) groups excluding carboxylic acids is 1. The molecule has 1 aliphatic rings. The molecule has 5 heteroatoms. The van der Waals surface area contributed by atoms with Crippen LogP contribution < -0.4 is 0 Å². The number of fused-ring (bicyclic) bond motifs is 1. The van der Waals surface area contributed by atoms with Crippen LogP contribution in [0.5, 0.6) is 0 Å². The highest BCUT2D eigenvalue weighted by Gasteiger charge is 2.15. The van der Waals surface area contributed by atoms with E-state index in [9.17, 15) is 4.79 Å². The molecular weight excluding hydrogens is 380 g/mol. The highest BCUT2D eigenvalue weighted by atomic mass is 79.9. The van der Waals surface area contributed by atoms with Gasteiger partial charge in [0.1, 0.15) is 0 Å². The third kappa shape index (κ3) is 4.85. The standard InChI is InChI=1S/C20H27BrN2O2/c1-2-25-20(24)7-6-12-23-15-16(14-22-10-4-3-5-11-22)18-13-17(21)8-9-19(18)23/h8-9,13,15H,2-7,10-12,14H2,1H3. The summed E-state index contributed by atoms with van der Waals surface area (Å²) >= 11 is 3.61. The summed E-state index contributed by atoms with van der Waals surface area (Å²) in [5.74, 6) is -0.102. The molecule has 4 nitrogen and oxygen atoms in total. The third-order valence-electron chi connectivity index (χ3n) is 4.85. The van der Waals surface area contributed by atoms with Crippen molar-refractivity contribution in [3.05, 3.63) is 34.4 Å². The lowest BCUT2D eigenvalue weighted by Crippen LogP contribution is -2.28. The fourth-order valence-electron chi connectivity index (χ4n) is 3.64. The zero-order valence-electron chi connectivity index (χ0n) is 15.0. The summed E-state index contributed by atoms with van der Waals surface area (Å²) in [4.78, 5) is 14.1. The predicted octanol–water partition coefficient (Wildman–Crippen LogP) is 4.73. The van der Waals surface area contributed by atoms with Crippen molar-refractivity contribution in [2.24, 2.45) is 0 Å². The topological polar surface area (TPSA) is 34.5 Å². The van der Waals surface area contributed by atoms with E-state index in [1.807, 2.05) is 6.92 Å². The molecule has 0 N–H and O–H groups in total. The van der Waals surface area contributed by atoms with Crippen LogP contribution in [-0.4, -0.2) is 35.1 Å². The van der Waals surface area contributed by atoms with E-state index < -0.39 is 0 Å². The molecule has 0 unspecified atom stereocenters. The number of aromatic nitrogens is 1. The van der Waals surface area contributed by atoms with E-state index in [-0.39, 0.29) is 5.97 Å². The first-order valence-electron chi connectivity index (χ1n) is 9.32. The van der Waals surface area contributed by atoms with Gasteiger partial charge in [0.15, 0.2) is 0 Å². The molecule has 25 heavy (non-hydrogen) atoms. The van der Waals surface area contributed by atoms with Gasteiger partial charge in [-0.2, -0.15) is 0 Å². The van der Waals surface area contributed by atoms with Crippen LogP contribution in [0.15, 0.2) is 28.9 Å². The van der Waals surface area contributed by atoms with Crippen LogP contribution in [0.1, 0.15) is 44.6 Å². The van der Waals surface area contributed by atoms with Gasteiger partial charge >= 0.3 is 5.97 Å². The van der Waals surface area contributed by atoms with Gasteiger partial charge in [0.05, 0.1) is 6.61 Å². The Bertz CT molecular complexity index is 720.